The van der Waals surface area contributed by atoms with Crippen LogP contribution in [0.15, 0.2) is 42.5 Å². The van der Waals surface area contributed by atoms with Gasteiger partial charge in [-0.2, -0.15) is 0 Å². The maximum Gasteiger partial charge on any atom is 0.338 e. The smallest absolute Gasteiger partial charge is 0.338 e. The minimum Gasteiger partial charge on any atom is -0.462 e. The van der Waals surface area contributed by atoms with Crippen molar-refractivity contribution in [3.8, 4) is 0 Å². The molecule has 0 spiro atoms. The van der Waals surface area contributed by atoms with Gasteiger partial charge in [0.25, 0.3) is 0 Å². The van der Waals surface area contributed by atoms with Crippen molar-refractivity contribution in [3.05, 3.63) is 58.6 Å². The van der Waals surface area contributed by atoms with E-state index in [1.165, 1.54) is 12.1 Å². The summed E-state index contributed by atoms with van der Waals surface area (Å²) in [5.41, 5.74) is 1.59. The van der Waals surface area contributed by atoms with Crippen molar-refractivity contribution in [1.82, 2.24) is 0 Å². The molecule has 2 aromatic rings. The maximum atomic E-state index is 12.5. The van der Waals surface area contributed by atoms with Gasteiger partial charge in [0.15, 0.2) is 0 Å². The van der Waals surface area contributed by atoms with Crippen LogP contribution in [0.25, 0.3) is 0 Å². The Morgan fingerprint density at radius 1 is 1.14 bits per heavy atom. The van der Waals surface area contributed by atoms with E-state index in [2.05, 4.69) is 5.32 Å². The number of rotatable bonds is 7. The van der Waals surface area contributed by atoms with Crippen LogP contribution in [0.5, 0.6) is 0 Å². The molecule has 2 aromatic carbocycles. The lowest BCUT2D eigenvalue weighted by molar-refractivity contribution is -0.114. The van der Waals surface area contributed by atoms with Gasteiger partial charge in [-0.15, -0.1) is 0 Å². The number of amides is 1. The van der Waals surface area contributed by atoms with E-state index in [1.807, 2.05) is 0 Å². The zero-order valence-corrected chi connectivity index (χ0v) is 17.3. The van der Waals surface area contributed by atoms with Gasteiger partial charge in [-0.1, -0.05) is 17.7 Å². The van der Waals surface area contributed by atoms with Crippen molar-refractivity contribution in [2.24, 2.45) is 0 Å². The third kappa shape index (κ3) is 5.46. The molecule has 150 valence electrons. The molecule has 0 atom stereocenters. The van der Waals surface area contributed by atoms with Crippen LogP contribution >= 0.6 is 11.6 Å². The molecular weight excluding hydrogens is 404 g/mol. The summed E-state index contributed by atoms with van der Waals surface area (Å²) in [7, 11) is -3.70. The third-order valence-electron chi connectivity index (χ3n) is 3.91. The van der Waals surface area contributed by atoms with Crippen molar-refractivity contribution in [1.29, 1.82) is 0 Å². The predicted octanol–water partition coefficient (Wildman–Crippen LogP) is 3.23. The average Bonchev–Trinajstić information content (AvgIpc) is 2.61. The minimum atomic E-state index is -3.70. The highest BCUT2D eigenvalue weighted by molar-refractivity contribution is 7.92. The molecular formula is C19H21ClN2O5S. The van der Waals surface area contributed by atoms with Gasteiger partial charge in [0.2, 0.25) is 15.9 Å². The molecule has 0 radical (unpaired) electrons. The third-order valence-corrected chi connectivity index (χ3v) is 5.30. The van der Waals surface area contributed by atoms with Crippen LogP contribution in [-0.4, -0.2) is 39.7 Å². The lowest BCUT2D eigenvalue weighted by Crippen LogP contribution is -2.37. The molecule has 7 nitrogen and oxygen atoms in total. The molecule has 2 rings (SSSR count). The van der Waals surface area contributed by atoms with Crippen molar-refractivity contribution in [2.45, 2.75) is 13.8 Å². The van der Waals surface area contributed by atoms with E-state index in [0.717, 1.165) is 10.6 Å². The second kappa shape index (κ2) is 9.07. The van der Waals surface area contributed by atoms with Crippen LogP contribution in [-0.2, 0) is 19.6 Å². The monoisotopic (exact) mass is 424 g/mol. The summed E-state index contributed by atoms with van der Waals surface area (Å²) < 4.78 is 30.2. The first kappa shape index (κ1) is 21.7. The normalized spacial score (nSPS) is 11.0. The fourth-order valence-electron chi connectivity index (χ4n) is 2.53. The Kier molecular flexibility index (Phi) is 7.04. The predicted molar refractivity (Wildman–Crippen MR) is 109 cm³/mol. The Morgan fingerprint density at radius 2 is 1.79 bits per heavy atom. The Balaban J connectivity index is 2.23. The summed E-state index contributed by atoms with van der Waals surface area (Å²) in [6, 6.07) is 11.0. The van der Waals surface area contributed by atoms with E-state index in [4.69, 9.17) is 16.3 Å². The Morgan fingerprint density at radius 3 is 2.36 bits per heavy atom. The van der Waals surface area contributed by atoms with E-state index >= 15 is 0 Å². The zero-order chi connectivity index (χ0) is 20.9. The number of hydrogen-bond acceptors (Lipinski definition) is 5. The van der Waals surface area contributed by atoms with Gasteiger partial charge < -0.3 is 10.1 Å². The molecule has 0 aliphatic rings. The highest BCUT2D eigenvalue weighted by atomic mass is 35.5. The van der Waals surface area contributed by atoms with E-state index in [1.54, 1.807) is 44.2 Å². The number of esters is 1. The van der Waals surface area contributed by atoms with Crippen LogP contribution in [0, 0.1) is 6.92 Å². The molecule has 0 aromatic heterocycles. The molecule has 0 unspecified atom stereocenters. The Hall–Kier alpha value is -2.58. The maximum absolute atomic E-state index is 12.5. The molecule has 0 heterocycles. The number of anilines is 2. The Labute approximate surface area is 169 Å². The summed E-state index contributed by atoms with van der Waals surface area (Å²) in [5, 5.41) is 3.10. The molecule has 1 N–H and O–H groups in total. The summed E-state index contributed by atoms with van der Waals surface area (Å²) in [6.45, 7) is 3.19. The van der Waals surface area contributed by atoms with E-state index in [0.29, 0.717) is 27.5 Å². The van der Waals surface area contributed by atoms with E-state index in [9.17, 15) is 18.0 Å². The van der Waals surface area contributed by atoms with Crippen molar-refractivity contribution in [2.75, 3.05) is 29.0 Å². The van der Waals surface area contributed by atoms with Gasteiger partial charge in [0, 0.05) is 10.7 Å². The topological polar surface area (TPSA) is 92.8 Å². The highest BCUT2D eigenvalue weighted by Crippen LogP contribution is 2.22. The molecule has 1 amide bonds. The van der Waals surface area contributed by atoms with Crippen LogP contribution in [0.1, 0.15) is 22.8 Å². The van der Waals surface area contributed by atoms with E-state index in [-0.39, 0.29) is 6.61 Å². The van der Waals surface area contributed by atoms with Crippen molar-refractivity contribution in [3.63, 3.8) is 0 Å². The average molecular weight is 425 g/mol. The number of sulfonamides is 1. The number of hydrogen-bond donors (Lipinski definition) is 1. The van der Waals surface area contributed by atoms with Gasteiger partial charge in [-0.3, -0.25) is 9.10 Å². The second-order valence-corrected chi connectivity index (χ2v) is 8.34. The standard InChI is InChI=1S/C19H21ClN2O5S/c1-4-27-19(24)16-6-5-7-17(13(16)2)21-18(23)12-22(28(3,25)26)15-10-8-14(20)9-11-15/h5-11H,4,12H2,1-3H3,(H,21,23). The first-order chi connectivity index (χ1) is 13.1. The SMILES string of the molecule is CCOC(=O)c1cccc(NC(=O)CN(c2ccc(Cl)cc2)S(C)(=O)=O)c1C. The van der Waals surface area contributed by atoms with Crippen molar-refractivity contribution < 1.29 is 22.7 Å². The van der Waals surface area contributed by atoms with Crippen LogP contribution in [0.3, 0.4) is 0 Å². The number of carbonyl (C=O) groups excluding carboxylic acids is 2. The summed E-state index contributed by atoms with van der Waals surface area (Å²) in [6.07, 6.45) is 1.02. The number of nitrogens with one attached hydrogen (secondary N) is 1. The number of carbonyl (C=O) groups is 2. The largest absolute Gasteiger partial charge is 0.462 e. The zero-order valence-electron chi connectivity index (χ0n) is 15.7. The number of ether oxygens (including phenoxy) is 1. The lowest BCUT2D eigenvalue weighted by atomic mass is 10.1. The number of nitrogens with zero attached hydrogens (tertiary/aromatic N) is 1. The fourth-order valence-corrected chi connectivity index (χ4v) is 3.51. The fraction of sp³-hybridized carbons (Fsp3) is 0.263. The quantitative estimate of drug-likeness (QED) is 0.689. The molecule has 28 heavy (non-hydrogen) atoms. The van der Waals surface area contributed by atoms with Crippen molar-refractivity contribution >= 4 is 44.9 Å². The number of benzene rings is 2. The van der Waals surface area contributed by atoms with E-state index < -0.39 is 28.4 Å². The molecule has 0 saturated carbocycles. The van der Waals surface area contributed by atoms with Gasteiger partial charge in [-0.25, -0.2) is 13.2 Å². The van der Waals surface area contributed by atoms with Crippen LogP contribution in [0.4, 0.5) is 11.4 Å². The molecule has 0 aliphatic heterocycles. The summed E-state index contributed by atoms with van der Waals surface area (Å²) >= 11 is 5.84. The summed E-state index contributed by atoms with van der Waals surface area (Å²) in [4.78, 5) is 24.5. The Bertz CT molecular complexity index is 974. The first-order valence-electron chi connectivity index (χ1n) is 8.43. The number of halogens is 1. The van der Waals surface area contributed by atoms with Gasteiger partial charge in [0.05, 0.1) is 24.1 Å². The van der Waals surface area contributed by atoms with Crippen LogP contribution in [0.2, 0.25) is 5.02 Å². The molecule has 0 fully saturated rings. The molecule has 0 bridgehead atoms. The second-order valence-electron chi connectivity index (χ2n) is 5.99. The minimum absolute atomic E-state index is 0.235. The van der Waals surface area contributed by atoms with Gasteiger partial charge >= 0.3 is 5.97 Å². The van der Waals surface area contributed by atoms with Gasteiger partial charge in [0.1, 0.15) is 6.54 Å². The molecule has 0 aliphatic carbocycles. The molecule has 9 heteroatoms. The highest BCUT2D eigenvalue weighted by Gasteiger charge is 2.22. The van der Waals surface area contributed by atoms with Gasteiger partial charge in [-0.05, 0) is 55.8 Å². The lowest BCUT2D eigenvalue weighted by Gasteiger charge is -2.22. The van der Waals surface area contributed by atoms with Crippen LogP contribution < -0.4 is 9.62 Å². The molecule has 0 saturated heterocycles. The first-order valence-corrected chi connectivity index (χ1v) is 10.7. The summed E-state index contributed by atoms with van der Waals surface area (Å²) in [5.74, 6) is -1.04.